The number of aryl methyl sites for hydroxylation is 1. The SMILES string of the molecule is CC(=O)c1cccc(NC(=O)c2ccc3[nH]c(C)cc3c2)c1. The molecule has 0 saturated heterocycles. The van der Waals surface area contributed by atoms with E-state index in [-0.39, 0.29) is 11.7 Å². The second-order valence-corrected chi connectivity index (χ2v) is 5.35. The second-order valence-electron chi connectivity index (χ2n) is 5.35. The number of amides is 1. The highest BCUT2D eigenvalue weighted by Gasteiger charge is 2.09. The standard InChI is InChI=1S/C18H16N2O2/c1-11-8-15-9-14(6-7-17(15)19-11)18(22)20-16-5-3-4-13(10-16)12(2)21/h3-10,19H,1-2H3,(H,20,22). The molecule has 0 aliphatic heterocycles. The summed E-state index contributed by atoms with van der Waals surface area (Å²) in [6.45, 7) is 3.48. The minimum Gasteiger partial charge on any atom is -0.359 e. The van der Waals surface area contributed by atoms with E-state index in [9.17, 15) is 9.59 Å². The van der Waals surface area contributed by atoms with E-state index >= 15 is 0 Å². The fourth-order valence-corrected chi connectivity index (χ4v) is 2.44. The number of fused-ring (bicyclic) bond motifs is 1. The van der Waals surface area contributed by atoms with Crippen LogP contribution in [0.15, 0.2) is 48.5 Å². The number of hydrogen-bond acceptors (Lipinski definition) is 2. The van der Waals surface area contributed by atoms with Gasteiger partial charge in [0.05, 0.1) is 0 Å². The highest BCUT2D eigenvalue weighted by molar-refractivity contribution is 6.07. The zero-order chi connectivity index (χ0) is 15.7. The van der Waals surface area contributed by atoms with Crippen molar-refractivity contribution < 1.29 is 9.59 Å². The third-order valence-corrected chi connectivity index (χ3v) is 3.54. The van der Waals surface area contributed by atoms with Crippen LogP contribution in [0, 0.1) is 6.92 Å². The van der Waals surface area contributed by atoms with Crippen molar-refractivity contribution in [3.05, 3.63) is 65.4 Å². The molecule has 0 fully saturated rings. The fraction of sp³-hybridized carbons (Fsp3) is 0.111. The van der Waals surface area contributed by atoms with Crippen LogP contribution >= 0.6 is 0 Å². The summed E-state index contributed by atoms with van der Waals surface area (Å²) in [6.07, 6.45) is 0. The van der Waals surface area contributed by atoms with Crippen LogP contribution < -0.4 is 5.32 Å². The first-order valence-corrected chi connectivity index (χ1v) is 7.04. The van der Waals surface area contributed by atoms with Crippen LogP contribution in [0.2, 0.25) is 0 Å². The Balaban J connectivity index is 1.86. The van der Waals surface area contributed by atoms with E-state index in [4.69, 9.17) is 0 Å². The minimum absolute atomic E-state index is 0.0275. The van der Waals surface area contributed by atoms with Gasteiger partial charge in [-0.05, 0) is 50.2 Å². The number of carbonyl (C=O) groups is 2. The number of hydrogen-bond donors (Lipinski definition) is 2. The molecule has 1 heterocycles. The summed E-state index contributed by atoms with van der Waals surface area (Å²) in [7, 11) is 0. The van der Waals surface area contributed by atoms with Crippen LogP contribution in [0.4, 0.5) is 5.69 Å². The van der Waals surface area contributed by atoms with Crippen LogP contribution in [0.3, 0.4) is 0 Å². The summed E-state index contributed by atoms with van der Waals surface area (Å²) in [4.78, 5) is 27.0. The van der Waals surface area contributed by atoms with Crippen molar-refractivity contribution in [2.45, 2.75) is 13.8 Å². The van der Waals surface area contributed by atoms with Crippen molar-refractivity contribution in [1.29, 1.82) is 0 Å². The molecule has 0 saturated carbocycles. The van der Waals surface area contributed by atoms with E-state index < -0.39 is 0 Å². The molecule has 3 aromatic rings. The first-order valence-electron chi connectivity index (χ1n) is 7.04. The van der Waals surface area contributed by atoms with Gasteiger partial charge in [0.15, 0.2) is 5.78 Å². The second kappa shape index (κ2) is 5.48. The summed E-state index contributed by atoms with van der Waals surface area (Å²) < 4.78 is 0. The van der Waals surface area contributed by atoms with Gasteiger partial charge >= 0.3 is 0 Å². The molecular formula is C18H16N2O2. The third-order valence-electron chi connectivity index (χ3n) is 3.54. The maximum atomic E-state index is 12.3. The van der Waals surface area contributed by atoms with Gasteiger partial charge < -0.3 is 10.3 Å². The smallest absolute Gasteiger partial charge is 0.255 e. The summed E-state index contributed by atoms with van der Waals surface area (Å²) in [5.74, 6) is -0.221. The number of H-pyrrole nitrogens is 1. The molecule has 4 heteroatoms. The molecule has 0 atom stereocenters. The van der Waals surface area contributed by atoms with Gasteiger partial charge in [0.1, 0.15) is 0 Å². The summed E-state index contributed by atoms with van der Waals surface area (Å²) >= 11 is 0. The number of aromatic nitrogens is 1. The zero-order valence-electron chi connectivity index (χ0n) is 12.4. The van der Waals surface area contributed by atoms with E-state index in [1.54, 1.807) is 30.3 Å². The van der Waals surface area contributed by atoms with Gasteiger partial charge in [-0.2, -0.15) is 0 Å². The normalized spacial score (nSPS) is 10.6. The lowest BCUT2D eigenvalue weighted by atomic mass is 10.1. The van der Waals surface area contributed by atoms with E-state index in [0.717, 1.165) is 16.6 Å². The Hall–Kier alpha value is -2.88. The molecule has 0 spiro atoms. The number of carbonyl (C=O) groups excluding carboxylic acids is 2. The predicted octanol–water partition coefficient (Wildman–Crippen LogP) is 3.93. The Bertz CT molecular complexity index is 878. The molecule has 0 aliphatic carbocycles. The molecule has 4 nitrogen and oxygen atoms in total. The Morgan fingerprint density at radius 3 is 2.59 bits per heavy atom. The molecule has 110 valence electrons. The molecule has 1 aromatic heterocycles. The maximum Gasteiger partial charge on any atom is 0.255 e. The third kappa shape index (κ3) is 2.76. The average Bonchev–Trinajstić information content (AvgIpc) is 2.86. The topological polar surface area (TPSA) is 62.0 Å². The number of nitrogens with one attached hydrogen (secondary N) is 2. The number of benzene rings is 2. The molecule has 0 bridgehead atoms. The van der Waals surface area contributed by atoms with Crippen molar-refractivity contribution >= 4 is 28.3 Å². The van der Waals surface area contributed by atoms with E-state index in [2.05, 4.69) is 10.3 Å². The maximum absolute atomic E-state index is 12.3. The van der Waals surface area contributed by atoms with Crippen LogP contribution in [0.25, 0.3) is 10.9 Å². The van der Waals surface area contributed by atoms with Gasteiger partial charge in [0.2, 0.25) is 0 Å². The highest BCUT2D eigenvalue weighted by Crippen LogP contribution is 2.18. The van der Waals surface area contributed by atoms with Crippen LogP contribution in [0.1, 0.15) is 33.3 Å². The summed E-state index contributed by atoms with van der Waals surface area (Å²) in [6, 6.07) is 14.5. The minimum atomic E-state index is -0.193. The molecule has 1 amide bonds. The predicted molar refractivity (Wildman–Crippen MR) is 87.4 cm³/mol. The van der Waals surface area contributed by atoms with Crippen molar-refractivity contribution in [1.82, 2.24) is 4.98 Å². The van der Waals surface area contributed by atoms with Crippen molar-refractivity contribution in [2.24, 2.45) is 0 Å². The molecule has 22 heavy (non-hydrogen) atoms. The number of anilines is 1. The molecule has 2 N–H and O–H groups in total. The van der Waals surface area contributed by atoms with Gasteiger partial charge in [-0.15, -0.1) is 0 Å². The van der Waals surface area contributed by atoms with Gasteiger partial charge in [0, 0.05) is 33.4 Å². The number of Topliss-reactive ketones (excluding diaryl/α,β-unsaturated/α-hetero) is 1. The quantitative estimate of drug-likeness (QED) is 0.718. The van der Waals surface area contributed by atoms with Gasteiger partial charge in [0.25, 0.3) is 5.91 Å². The van der Waals surface area contributed by atoms with Gasteiger partial charge in [-0.25, -0.2) is 0 Å². The Labute approximate surface area is 128 Å². The van der Waals surface area contributed by atoms with Crippen molar-refractivity contribution in [2.75, 3.05) is 5.32 Å². The summed E-state index contributed by atoms with van der Waals surface area (Å²) in [5, 5.41) is 3.83. The average molecular weight is 292 g/mol. The fourth-order valence-electron chi connectivity index (χ4n) is 2.44. The molecule has 3 rings (SSSR count). The Morgan fingerprint density at radius 2 is 1.82 bits per heavy atom. The Morgan fingerprint density at radius 1 is 1.00 bits per heavy atom. The number of aromatic amines is 1. The number of rotatable bonds is 3. The van der Waals surface area contributed by atoms with E-state index in [0.29, 0.717) is 16.8 Å². The molecule has 0 aliphatic rings. The molecule has 0 unspecified atom stereocenters. The van der Waals surface area contributed by atoms with Crippen LogP contribution in [0.5, 0.6) is 0 Å². The van der Waals surface area contributed by atoms with Gasteiger partial charge in [-0.1, -0.05) is 12.1 Å². The number of ketones is 1. The summed E-state index contributed by atoms with van der Waals surface area (Å²) in [5.41, 5.74) is 3.84. The Kier molecular flexibility index (Phi) is 3.51. The van der Waals surface area contributed by atoms with Gasteiger partial charge in [-0.3, -0.25) is 9.59 Å². The lowest BCUT2D eigenvalue weighted by Gasteiger charge is -2.06. The van der Waals surface area contributed by atoms with E-state index in [1.165, 1.54) is 6.92 Å². The largest absolute Gasteiger partial charge is 0.359 e. The van der Waals surface area contributed by atoms with Crippen molar-refractivity contribution in [3.63, 3.8) is 0 Å². The molecule has 0 radical (unpaired) electrons. The van der Waals surface area contributed by atoms with Crippen LogP contribution in [-0.2, 0) is 0 Å². The highest BCUT2D eigenvalue weighted by atomic mass is 16.1. The molecular weight excluding hydrogens is 276 g/mol. The van der Waals surface area contributed by atoms with E-state index in [1.807, 2.05) is 25.1 Å². The lowest BCUT2D eigenvalue weighted by molar-refractivity contribution is 0.101. The first kappa shape index (κ1) is 14.1. The molecule has 2 aromatic carbocycles. The zero-order valence-corrected chi connectivity index (χ0v) is 12.4. The van der Waals surface area contributed by atoms with Crippen LogP contribution in [-0.4, -0.2) is 16.7 Å². The van der Waals surface area contributed by atoms with Crippen molar-refractivity contribution in [3.8, 4) is 0 Å². The first-order chi connectivity index (χ1) is 10.5. The monoisotopic (exact) mass is 292 g/mol. The lowest BCUT2D eigenvalue weighted by Crippen LogP contribution is -2.12.